The van der Waals surface area contributed by atoms with Crippen LogP contribution in [0.3, 0.4) is 0 Å². The molecule has 4 heteroatoms. The number of carbonyl (C=O) groups is 1. The second-order valence-electron chi connectivity index (χ2n) is 6.20. The highest BCUT2D eigenvalue weighted by molar-refractivity contribution is 5.76. The van der Waals surface area contributed by atoms with E-state index in [4.69, 9.17) is 4.74 Å². The van der Waals surface area contributed by atoms with Crippen molar-refractivity contribution in [2.45, 2.75) is 70.4 Å². The summed E-state index contributed by atoms with van der Waals surface area (Å²) in [7, 11) is 0. The molecule has 2 N–H and O–H groups in total. The fraction of sp³-hybridized carbons (Fsp3) is 0.938. The highest BCUT2D eigenvalue weighted by atomic mass is 16.5. The van der Waals surface area contributed by atoms with Crippen LogP contribution in [0.15, 0.2) is 0 Å². The molecule has 116 valence electrons. The van der Waals surface area contributed by atoms with Crippen molar-refractivity contribution in [3.63, 3.8) is 0 Å². The molecule has 1 saturated carbocycles. The average Bonchev–Trinajstić information content (AvgIpc) is 2.49. The van der Waals surface area contributed by atoms with Crippen molar-refractivity contribution in [3.8, 4) is 0 Å². The summed E-state index contributed by atoms with van der Waals surface area (Å²) < 4.78 is 5.80. The lowest BCUT2D eigenvalue weighted by Gasteiger charge is -2.31. The molecule has 0 spiro atoms. The highest BCUT2D eigenvalue weighted by Gasteiger charge is 2.24. The lowest BCUT2D eigenvalue weighted by atomic mass is 9.83. The number of hydrogen-bond donors (Lipinski definition) is 2. The molecule has 0 aromatic carbocycles. The van der Waals surface area contributed by atoms with Gasteiger partial charge in [-0.15, -0.1) is 0 Å². The van der Waals surface area contributed by atoms with E-state index in [1.54, 1.807) is 0 Å². The van der Waals surface area contributed by atoms with E-state index in [1.165, 1.54) is 25.7 Å². The monoisotopic (exact) mass is 282 g/mol. The van der Waals surface area contributed by atoms with Gasteiger partial charge < -0.3 is 15.4 Å². The van der Waals surface area contributed by atoms with Crippen LogP contribution in [0.4, 0.5) is 0 Å². The molecule has 2 atom stereocenters. The average molecular weight is 282 g/mol. The van der Waals surface area contributed by atoms with Crippen LogP contribution < -0.4 is 10.6 Å². The molecule has 2 unspecified atom stereocenters. The zero-order valence-electron chi connectivity index (χ0n) is 12.8. The number of carbonyl (C=O) groups excluding carboxylic acids is 1. The van der Waals surface area contributed by atoms with Gasteiger partial charge in [0.1, 0.15) is 0 Å². The van der Waals surface area contributed by atoms with E-state index in [0.717, 1.165) is 32.4 Å². The molecule has 2 fully saturated rings. The molecule has 2 rings (SSSR count). The van der Waals surface area contributed by atoms with E-state index in [-0.39, 0.29) is 5.91 Å². The van der Waals surface area contributed by atoms with Gasteiger partial charge in [0, 0.05) is 12.5 Å². The zero-order valence-corrected chi connectivity index (χ0v) is 12.8. The van der Waals surface area contributed by atoms with E-state index in [2.05, 4.69) is 17.6 Å². The first-order chi connectivity index (χ1) is 9.79. The Bertz CT molecular complexity index is 290. The minimum atomic E-state index is 0.171. The van der Waals surface area contributed by atoms with Crippen molar-refractivity contribution in [3.05, 3.63) is 0 Å². The van der Waals surface area contributed by atoms with Gasteiger partial charge in [0.05, 0.1) is 12.7 Å². The van der Waals surface area contributed by atoms with Crippen molar-refractivity contribution in [2.24, 2.45) is 5.92 Å². The number of piperidine rings is 1. The Morgan fingerprint density at radius 2 is 1.95 bits per heavy atom. The Balaban J connectivity index is 1.61. The van der Waals surface area contributed by atoms with Gasteiger partial charge in [-0.3, -0.25) is 4.79 Å². The quantitative estimate of drug-likeness (QED) is 0.785. The Morgan fingerprint density at radius 1 is 1.20 bits per heavy atom. The van der Waals surface area contributed by atoms with Gasteiger partial charge in [0.25, 0.3) is 0 Å². The SMILES string of the molecule is CCC1CCCCC1NC(=O)CCOC1CCNCC1. The summed E-state index contributed by atoms with van der Waals surface area (Å²) in [6, 6.07) is 0.403. The van der Waals surface area contributed by atoms with E-state index in [9.17, 15) is 4.79 Å². The standard InChI is InChI=1S/C16H30N2O2/c1-2-13-5-3-4-6-15(13)18-16(19)9-12-20-14-7-10-17-11-8-14/h13-15,17H,2-12H2,1H3,(H,18,19). The van der Waals surface area contributed by atoms with Crippen LogP contribution in [-0.4, -0.2) is 37.7 Å². The van der Waals surface area contributed by atoms with Crippen molar-refractivity contribution in [1.82, 2.24) is 10.6 Å². The van der Waals surface area contributed by atoms with Crippen LogP contribution in [0, 0.1) is 5.92 Å². The van der Waals surface area contributed by atoms with Crippen LogP contribution >= 0.6 is 0 Å². The molecular formula is C16H30N2O2. The van der Waals surface area contributed by atoms with E-state index < -0.39 is 0 Å². The maximum absolute atomic E-state index is 12.0. The summed E-state index contributed by atoms with van der Waals surface area (Å²) in [6.07, 6.45) is 9.18. The van der Waals surface area contributed by atoms with Crippen LogP contribution in [0.25, 0.3) is 0 Å². The summed E-state index contributed by atoms with van der Waals surface area (Å²) in [6.45, 7) is 4.88. The maximum atomic E-state index is 12.0. The van der Waals surface area contributed by atoms with Gasteiger partial charge >= 0.3 is 0 Å². The molecule has 0 aromatic heterocycles. The van der Waals surface area contributed by atoms with E-state index >= 15 is 0 Å². The Kier molecular flexibility index (Phi) is 6.80. The minimum absolute atomic E-state index is 0.171. The van der Waals surface area contributed by atoms with Gasteiger partial charge in [0.15, 0.2) is 0 Å². The van der Waals surface area contributed by atoms with E-state index in [1.807, 2.05) is 0 Å². The predicted molar refractivity (Wildman–Crippen MR) is 80.6 cm³/mol. The first-order valence-electron chi connectivity index (χ1n) is 8.41. The lowest BCUT2D eigenvalue weighted by Crippen LogP contribution is -2.42. The Morgan fingerprint density at radius 3 is 2.70 bits per heavy atom. The highest BCUT2D eigenvalue weighted by Crippen LogP contribution is 2.26. The van der Waals surface area contributed by atoms with Crippen LogP contribution in [0.5, 0.6) is 0 Å². The van der Waals surface area contributed by atoms with Crippen molar-refractivity contribution < 1.29 is 9.53 Å². The number of ether oxygens (including phenoxy) is 1. The molecule has 0 bridgehead atoms. The van der Waals surface area contributed by atoms with Crippen LogP contribution in [-0.2, 0) is 9.53 Å². The van der Waals surface area contributed by atoms with Gasteiger partial charge in [-0.05, 0) is 44.7 Å². The predicted octanol–water partition coefficient (Wildman–Crippen LogP) is 2.23. The first kappa shape index (κ1) is 15.8. The summed E-state index contributed by atoms with van der Waals surface area (Å²) in [4.78, 5) is 12.0. The van der Waals surface area contributed by atoms with Crippen LogP contribution in [0.2, 0.25) is 0 Å². The fourth-order valence-electron chi connectivity index (χ4n) is 3.45. The van der Waals surface area contributed by atoms with Gasteiger partial charge in [-0.25, -0.2) is 0 Å². The molecule has 1 amide bonds. The molecule has 0 radical (unpaired) electrons. The zero-order chi connectivity index (χ0) is 14.2. The Hall–Kier alpha value is -0.610. The maximum Gasteiger partial charge on any atom is 0.222 e. The number of rotatable bonds is 6. The topological polar surface area (TPSA) is 50.4 Å². The molecule has 4 nitrogen and oxygen atoms in total. The number of hydrogen-bond acceptors (Lipinski definition) is 3. The van der Waals surface area contributed by atoms with Gasteiger partial charge in [-0.1, -0.05) is 26.2 Å². The van der Waals surface area contributed by atoms with E-state index in [0.29, 0.717) is 31.1 Å². The Labute approximate surface area is 123 Å². The smallest absolute Gasteiger partial charge is 0.222 e. The second kappa shape index (κ2) is 8.63. The molecule has 0 aromatic rings. The summed E-state index contributed by atoms with van der Waals surface area (Å²) >= 11 is 0. The summed E-state index contributed by atoms with van der Waals surface area (Å²) in [5, 5.41) is 6.55. The third kappa shape index (κ3) is 5.06. The summed E-state index contributed by atoms with van der Waals surface area (Å²) in [5.41, 5.74) is 0. The molecule has 1 aliphatic heterocycles. The summed E-state index contributed by atoms with van der Waals surface area (Å²) in [5.74, 6) is 0.849. The second-order valence-corrected chi connectivity index (χ2v) is 6.20. The molecule has 1 heterocycles. The molecule has 2 aliphatic rings. The van der Waals surface area contributed by atoms with Crippen molar-refractivity contribution in [2.75, 3.05) is 19.7 Å². The van der Waals surface area contributed by atoms with Crippen molar-refractivity contribution >= 4 is 5.91 Å². The normalized spacial score (nSPS) is 28.2. The van der Waals surface area contributed by atoms with Crippen LogP contribution in [0.1, 0.15) is 58.3 Å². The third-order valence-electron chi connectivity index (χ3n) is 4.75. The number of nitrogens with one attached hydrogen (secondary N) is 2. The minimum Gasteiger partial charge on any atom is -0.378 e. The first-order valence-corrected chi connectivity index (χ1v) is 8.41. The van der Waals surface area contributed by atoms with Gasteiger partial charge in [-0.2, -0.15) is 0 Å². The lowest BCUT2D eigenvalue weighted by molar-refractivity contribution is -0.124. The molecule has 1 saturated heterocycles. The van der Waals surface area contributed by atoms with Gasteiger partial charge in [0.2, 0.25) is 5.91 Å². The third-order valence-corrected chi connectivity index (χ3v) is 4.75. The molecular weight excluding hydrogens is 252 g/mol. The fourth-order valence-corrected chi connectivity index (χ4v) is 3.45. The molecule has 20 heavy (non-hydrogen) atoms. The van der Waals surface area contributed by atoms with Crippen molar-refractivity contribution in [1.29, 1.82) is 0 Å². The largest absolute Gasteiger partial charge is 0.378 e. The number of amides is 1. The molecule has 1 aliphatic carbocycles.